The fourth-order valence-electron chi connectivity index (χ4n) is 4.94. The Morgan fingerprint density at radius 3 is 2.61 bits per heavy atom. The Labute approximate surface area is 242 Å². The molecular formula is C32H41N3O6. The van der Waals surface area contributed by atoms with E-state index < -0.39 is 5.97 Å². The minimum absolute atomic E-state index is 0.169. The molecule has 9 heteroatoms. The molecule has 41 heavy (non-hydrogen) atoms. The lowest BCUT2D eigenvalue weighted by Gasteiger charge is -2.21. The molecule has 0 saturated carbocycles. The van der Waals surface area contributed by atoms with Crippen molar-refractivity contribution in [1.82, 2.24) is 14.7 Å². The third kappa shape index (κ3) is 7.03. The molecule has 220 valence electrons. The number of aryl methyl sites for hydroxylation is 1. The van der Waals surface area contributed by atoms with Crippen molar-refractivity contribution >= 4 is 12.0 Å². The van der Waals surface area contributed by atoms with Crippen molar-refractivity contribution in [2.24, 2.45) is 0 Å². The van der Waals surface area contributed by atoms with E-state index in [1.807, 2.05) is 35.0 Å². The Morgan fingerprint density at radius 2 is 1.93 bits per heavy atom. The van der Waals surface area contributed by atoms with Crippen LogP contribution >= 0.6 is 0 Å². The maximum absolute atomic E-state index is 12.5. The number of hydrogen-bond donors (Lipinski definition) is 1. The van der Waals surface area contributed by atoms with Crippen LogP contribution in [0.2, 0.25) is 0 Å². The summed E-state index contributed by atoms with van der Waals surface area (Å²) in [6.45, 7) is 9.77. The number of unbranched alkanes of at least 4 members (excludes halogenated alkanes) is 1. The van der Waals surface area contributed by atoms with Gasteiger partial charge in [-0.3, -0.25) is 9.58 Å². The molecule has 0 amide bonds. The molecule has 0 fully saturated rings. The first-order valence-electron chi connectivity index (χ1n) is 14.3. The van der Waals surface area contributed by atoms with Crippen LogP contribution in [0.5, 0.6) is 23.0 Å². The van der Waals surface area contributed by atoms with Crippen LogP contribution in [-0.2, 0) is 24.2 Å². The maximum Gasteiger partial charge on any atom is 0.331 e. The molecule has 3 aromatic rings. The molecule has 1 aliphatic rings. The van der Waals surface area contributed by atoms with Gasteiger partial charge < -0.3 is 24.1 Å². The second kappa shape index (κ2) is 14.1. The fourth-order valence-corrected chi connectivity index (χ4v) is 4.94. The Kier molecular flexibility index (Phi) is 10.3. The SMILES string of the molecule is CCCCn1ncc(C=C(Cc2cc3c(cc2OC)CCO3)C(=O)O)c1-c1ccc(OC)cc1OCN(CC)CC. The number of methoxy groups -OCH3 is 2. The topological polar surface area (TPSA) is 95.3 Å². The van der Waals surface area contributed by atoms with Gasteiger partial charge >= 0.3 is 5.97 Å². The highest BCUT2D eigenvalue weighted by atomic mass is 16.5. The highest BCUT2D eigenvalue weighted by Gasteiger charge is 2.22. The maximum atomic E-state index is 12.5. The predicted octanol–water partition coefficient (Wildman–Crippen LogP) is 5.69. The zero-order valence-electron chi connectivity index (χ0n) is 24.7. The number of ether oxygens (including phenoxy) is 4. The number of fused-ring (bicyclic) bond motifs is 1. The van der Waals surface area contributed by atoms with Crippen LogP contribution in [0.4, 0.5) is 0 Å². The monoisotopic (exact) mass is 563 g/mol. The summed E-state index contributed by atoms with van der Waals surface area (Å²) >= 11 is 0. The van der Waals surface area contributed by atoms with Crippen molar-refractivity contribution in [1.29, 1.82) is 0 Å². The van der Waals surface area contributed by atoms with E-state index in [1.54, 1.807) is 26.5 Å². The van der Waals surface area contributed by atoms with E-state index in [0.29, 0.717) is 42.7 Å². The zero-order chi connectivity index (χ0) is 29.4. The summed E-state index contributed by atoms with van der Waals surface area (Å²) in [6.07, 6.45) is 6.35. The minimum Gasteiger partial charge on any atom is -0.497 e. The van der Waals surface area contributed by atoms with Gasteiger partial charge in [0.05, 0.1) is 32.7 Å². The fraction of sp³-hybridized carbons (Fsp3) is 0.438. The predicted molar refractivity (Wildman–Crippen MR) is 159 cm³/mol. The molecule has 0 atom stereocenters. The largest absolute Gasteiger partial charge is 0.497 e. The first kappa shape index (κ1) is 30.0. The molecule has 0 aliphatic carbocycles. The lowest BCUT2D eigenvalue weighted by Crippen LogP contribution is -2.27. The van der Waals surface area contributed by atoms with Crippen molar-refractivity contribution < 1.29 is 28.8 Å². The molecule has 9 nitrogen and oxygen atoms in total. The van der Waals surface area contributed by atoms with Gasteiger partial charge in [0, 0.05) is 53.3 Å². The summed E-state index contributed by atoms with van der Waals surface area (Å²) in [5.74, 6) is 1.76. The van der Waals surface area contributed by atoms with Gasteiger partial charge in [-0.25, -0.2) is 4.79 Å². The second-order valence-electron chi connectivity index (χ2n) is 9.99. The molecule has 1 N–H and O–H groups in total. The van der Waals surface area contributed by atoms with E-state index in [4.69, 9.17) is 18.9 Å². The second-order valence-corrected chi connectivity index (χ2v) is 9.99. The van der Waals surface area contributed by atoms with Crippen LogP contribution in [0, 0.1) is 0 Å². The summed E-state index contributed by atoms with van der Waals surface area (Å²) in [4.78, 5) is 14.7. The van der Waals surface area contributed by atoms with Gasteiger partial charge in [-0.1, -0.05) is 27.2 Å². The number of aliphatic carboxylic acids is 1. The zero-order valence-corrected chi connectivity index (χ0v) is 24.7. The van der Waals surface area contributed by atoms with E-state index >= 15 is 0 Å². The normalized spacial score (nSPS) is 12.8. The molecule has 4 rings (SSSR count). The van der Waals surface area contributed by atoms with E-state index in [2.05, 4.69) is 30.8 Å². The van der Waals surface area contributed by atoms with Crippen LogP contribution in [0.15, 0.2) is 42.1 Å². The molecule has 0 saturated heterocycles. The van der Waals surface area contributed by atoms with Gasteiger partial charge in [-0.15, -0.1) is 0 Å². The van der Waals surface area contributed by atoms with Gasteiger partial charge in [-0.2, -0.15) is 5.10 Å². The molecule has 0 radical (unpaired) electrons. The molecule has 1 aliphatic heterocycles. The summed E-state index contributed by atoms with van der Waals surface area (Å²) in [7, 11) is 3.23. The number of aromatic nitrogens is 2. The lowest BCUT2D eigenvalue weighted by molar-refractivity contribution is -0.132. The molecule has 1 aromatic heterocycles. The molecule has 2 heterocycles. The number of hydrogen-bond acceptors (Lipinski definition) is 7. The Balaban J connectivity index is 1.79. The average Bonchev–Trinajstić information content (AvgIpc) is 3.61. The Hall–Kier alpha value is -3.98. The van der Waals surface area contributed by atoms with Gasteiger partial charge in [-0.05, 0) is 49.9 Å². The van der Waals surface area contributed by atoms with Crippen LogP contribution in [0.3, 0.4) is 0 Å². The van der Waals surface area contributed by atoms with Crippen LogP contribution in [-0.4, -0.2) is 66.4 Å². The number of rotatable bonds is 15. The minimum atomic E-state index is -1.01. The Morgan fingerprint density at radius 1 is 1.12 bits per heavy atom. The smallest absolute Gasteiger partial charge is 0.331 e. The summed E-state index contributed by atoms with van der Waals surface area (Å²) in [6, 6.07) is 9.55. The first-order chi connectivity index (χ1) is 19.9. The van der Waals surface area contributed by atoms with Crippen LogP contribution < -0.4 is 18.9 Å². The number of benzene rings is 2. The summed E-state index contributed by atoms with van der Waals surface area (Å²) < 4.78 is 25.1. The third-order valence-electron chi connectivity index (χ3n) is 7.41. The molecule has 0 unspecified atom stereocenters. The van der Waals surface area contributed by atoms with Crippen molar-refractivity contribution in [2.75, 3.05) is 40.6 Å². The quantitative estimate of drug-likeness (QED) is 0.186. The number of carboxylic acids is 1. The van der Waals surface area contributed by atoms with Crippen molar-refractivity contribution in [3.8, 4) is 34.3 Å². The molecular weight excluding hydrogens is 522 g/mol. The molecule has 0 spiro atoms. The van der Waals surface area contributed by atoms with E-state index in [1.165, 1.54) is 0 Å². The van der Waals surface area contributed by atoms with Gasteiger partial charge in [0.25, 0.3) is 0 Å². The average molecular weight is 564 g/mol. The standard InChI is InChI=1S/C32H41N3O6/c1-6-9-13-35-31(27-11-10-26(38-4)19-30(27)41-21-34(7-2)8-3)25(20-33-35)16-24(32(36)37)15-23-18-29-22(12-14-40-29)17-28(23)39-5/h10-11,16-20H,6-9,12-15,21H2,1-5H3,(H,36,37). The lowest BCUT2D eigenvalue weighted by atomic mass is 9.98. The van der Waals surface area contributed by atoms with Crippen molar-refractivity contribution in [2.45, 2.75) is 53.0 Å². The molecule has 0 bridgehead atoms. The summed E-state index contributed by atoms with van der Waals surface area (Å²) in [5.41, 5.74) is 4.38. The number of carbonyl (C=O) groups is 1. The third-order valence-corrected chi connectivity index (χ3v) is 7.41. The van der Waals surface area contributed by atoms with Crippen molar-refractivity contribution in [3.05, 3.63) is 58.8 Å². The van der Waals surface area contributed by atoms with Gasteiger partial charge in [0.2, 0.25) is 0 Å². The number of carboxylic acid groups (broad SMARTS) is 1. The summed E-state index contributed by atoms with van der Waals surface area (Å²) in [5, 5.41) is 14.9. The van der Waals surface area contributed by atoms with Crippen molar-refractivity contribution in [3.63, 3.8) is 0 Å². The van der Waals surface area contributed by atoms with E-state index in [-0.39, 0.29) is 12.0 Å². The highest BCUT2D eigenvalue weighted by Crippen LogP contribution is 2.38. The van der Waals surface area contributed by atoms with Crippen LogP contribution in [0.1, 0.15) is 50.3 Å². The first-order valence-corrected chi connectivity index (χ1v) is 14.3. The number of nitrogens with zero attached hydrogens (tertiary/aromatic N) is 3. The van der Waals surface area contributed by atoms with Crippen LogP contribution in [0.25, 0.3) is 17.3 Å². The van der Waals surface area contributed by atoms with Gasteiger partial charge in [0.1, 0.15) is 29.7 Å². The van der Waals surface area contributed by atoms with E-state index in [9.17, 15) is 9.90 Å². The Bertz CT molecular complexity index is 1380. The molecule has 2 aromatic carbocycles. The van der Waals surface area contributed by atoms with E-state index in [0.717, 1.165) is 60.5 Å². The van der Waals surface area contributed by atoms with Gasteiger partial charge in [0.15, 0.2) is 0 Å². The highest BCUT2D eigenvalue weighted by molar-refractivity contribution is 5.94.